The van der Waals surface area contributed by atoms with Gasteiger partial charge in [0.2, 0.25) is 5.89 Å². The average Bonchev–Trinajstić information content (AvgIpc) is 3.11. The normalized spacial score (nSPS) is 20.6. The summed E-state index contributed by atoms with van der Waals surface area (Å²) >= 11 is 0. The van der Waals surface area contributed by atoms with Crippen LogP contribution in [-0.2, 0) is 6.42 Å². The second-order valence-electron chi connectivity index (χ2n) is 5.64. The summed E-state index contributed by atoms with van der Waals surface area (Å²) < 4.78 is 5.44. The smallest absolute Gasteiger partial charge is 0.231 e. The number of fused-ring (bicyclic) bond motifs is 1. The molecule has 0 spiro atoms. The summed E-state index contributed by atoms with van der Waals surface area (Å²) in [5, 5.41) is 4.19. The molecule has 4 heteroatoms. The molecule has 2 N–H and O–H groups in total. The van der Waals surface area contributed by atoms with Crippen molar-refractivity contribution in [1.82, 2.24) is 10.1 Å². The van der Waals surface area contributed by atoms with Gasteiger partial charge in [-0.2, -0.15) is 4.98 Å². The van der Waals surface area contributed by atoms with Crippen molar-refractivity contribution < 1.29 is 4.52 Å². The predicted molar refractivity (Wildman–Crippen MR) is 77.6 cm³/mol. The number of aryl methyl sites for hydroxylation is 1. The first-order valence-electron chi connectivity index (χ1n) is 7.37. The van der Waals surface area contributed by atoms with Crippen molar-refractivity contribution >= 4 is 0 Å². The Labute approximate surface area is 119 Å². The zero-order chi connectivity index (χ0) is 14.1. The van der Waals surface area contributed by atoms with E-state index < -0.39 is 0 Å². The van der Waals surface area contributed by atoms with Crippen molar-refractivity contribution in [2.45, 2.75) is 51.0 Å². The molecule has 106 valence electrons. The Morgan fingerprint density at radius 1 is 1.40 bits per heavy atom. The minimum atomic E-state index is 0.0687. The topological polar surface area (TPSA) is 64.9 Å². The van der Waals surface area contributed by atoms with Gasteiger partial charge in [-0.3, -0.25) is 0 Å². The van der Waals surface area contributed by atoms with Gasteiger partial charge in [0.1, 0.15) is 0 Å². The summed E-state index contributed by atoms with van der Waals surface area (Å²) in [6.45, 7) is 4.12. The van der Waals surface area contributed by atoms with Gasteiger partial charge in [0, 0.05) is 12.0 Å². The van der Waals surface area contributed by atoms with Crippen molar-refractivity contribution in [2.24, 2.45) is 5.73 Å². The Morgan fingerprint density at radius 2 is 2.20 bits per heavy atom. The fourth-order valence-corrected chi connectivity index (χ4v) is 2.94. The number of hydrogen-bond donors (Lipinski definition) is 1. The number of nitrogens with zero attached hydrogens (tertiary/aromatic N) is 2. The molecule has 20 heavy (non-hydrogen) atoms. The molecular formula is C16H21N3O. The van der Waals surface area contributed by atoms with Gasteiger partial charge < -0.3 is 10.3 Å². The number of aromatic nitrogens is 2. The second-order valence-corrected chi connectivity index (χ2v) is 5.64. The lowest BCUT2D eigenvalue weighted by Gasteiger charge is -2.13. The summed E-state index contributed by atoms with van der Waals surface area (Å²) in [4.78, 5) is 4.60. The molecule has 0 saturated carbocycles. The molecule has 4 nitrogen and oxygen atoms in total. The zero-order valence-corrected chi connectivity index (χ0v) is 12.0. The van der Waals surface area contributed by atoms with Crippen LogP contribution in [0.25, 0.3) is 0 Å². The van der Waals surface area contributed by atoms with Gasteiger partial charge in [0.25, 0.3) is 0 Å². The molecule has 3 rings (SSSR count). The van der Waals surface area contributed by atoms with Crippen LogP contribution in [0.1, 0.15) is 61.4 Å². The highest BCUT2D eigenvalue weighted by atomic mass is 16.5. The number of benzene rings is 1. The van der Waals surface area contributed by atoms with Gasteiger partial charge in [0.15, 0.2) is 5.82 Å². The third kappa shape index (κ3) is 2.24. The van der Waals surface area contributed by atoms with Crippen LogP contribution < -0.4 is 5.73 Å². The highest BCUT2D eigenvalue weighted by Crippen LogP contribution is 2.36. The van der Waals surface area contributed by atoms with E-state index in [1.807, 2.05) is 6.92 Å². The Hall–Kier alpha value is -1.68. The van der Waals surface area contributed by atoms with E-state index in [2.05, 4.69) is 41.3 Å². The van der Waals surface area contributed by atoms with E-state index in [0.717, 1.165) is 25.1 Å². The molecule has 1 aromatic heterocycles. The molecule has 1 aromatic carbocycles. The minimum Gasteiger partial charge on any atom is -0.339 e. The maximum absolute atomic E-state index is 6.06. The molecule has 1 heterocycles. The quantitative estimate of drug-likeness (QED) is 0.928. The van der Waals surface area contributed by atoms with Crippen molar-refractivity contribution in [3.8, 4) is 0 Å². The highest BCUT2D eigenvalue weighted by molar-refractivity contribution is 5.38. The highest BCUT2D eigenvalue weighted by Gasteiger charge is 2.29. The molecule has 1 aliphatic rings. The Balaban J connectivity index is 1.85. The van der Waals surface area contributed by atoms with Gasteiger partial charge in [-0.15, -0.1) is 0 Å². The van der Waals surface area contributed by atoms with E-state index in [-0.39, 0.29) is 17.9 Å². The Morgan fingerprint density at radius 3 is 3.00 bits per heavy atom. The maximum atomic E-state index is 6.06. The lowest BCUT2D eigenvalue weighted by molar-refractivity contribution is 0.335. The first kappa shape index (κ1) is 13.3. The van der Waals surface area contributed by atoms with Gasteiger partial charge in [-0.25, -0.2) is 0 Å². The lowest BCUT2D eigenvalue weighted by atomic mass is 9.99. The Bertz CT molecular complexity index is 593. The summed E-state index contributed by atoms with van der Waals surface area (Å²) in [5.74, 6) is 1.85. The van der Waals surface area contributed by atoms with Crippen molar-refractivity contribution in [1.29, 1.82) is 0 Å². The van der Waals surface area contributed by atoms with Crippen molar-refractivity contribution in [2.75, 3.05) is 0 Å². The van der Waals surface area contributed by atoms with Crippen LogP contribution in [0.2, 0.25) is 0 Å². The molecular weight excluding hydrogens is 250 g/mol. The zero-order valence-electron chi connectivity index (χ0n) is 12.0. The summed E-state index contributed by atoms with van der Waals surface area (Å²) in [7, 11) is 0. The molecule has 0 saturated heterocycles. The van der Waals surface area contributed by atoms with Crippen LogP contribution >= 0.6 is 0 Å². The first-order valence-corrected chi connectivity index (χ1v) is 7.37. The number of hydrogen-bond acceptors (Lipinski definition) is 4. The Kier molecular flexibility index (Phi) is 3.57. The van der Waals surface area contributed by atoms with E-state index in [1.54, 1.807) is 0 Å². The van der Waals surface area contributed by atoms with Gasteiger partial charge >= 0.3 is 0 Å². The first-order chi connectivity index (χ1) is 9.70. The average molecular weight is 271 g/mol. The van der Waals surface area contributed by atoms with Crippen LogP contribution in [-0.4, -0.2) is 16.2 Å². The molecule has 0 fully saturated rings. The monoisotopic (exact) mass is 271 g/mol. The van der Waals surface area contributed by atoms with E-state index in [9.17, 15) is 0 Å². The van der Waals surface area contributed by atoms with Crippen LogP contribution in [0, 0.1) is 0 Å². The standard InChI is InChI=1S/C16H21N3O/c1-3-14(17)10(2)16-18-15(19-20-16)13-9-8-11-6-4-5-7-12(11)13/h4-7,10,13-14H,3,8-9,17H2,1-2H3. The number of rotatable bonds is 4. The van der Waals surface area contributed by atoms with Crippen molar-refractivity contribution in [3.63, 3.8) is 0 Å². The van der Waals surface area contributed by atoms with Crippen LogP contribution in [0.3, 0.4) is 0 Å². The van der Waals surface area contributed by atoms with E-state index in [0.29, 0.717) is 5.89 Å². The van der Waals surface area contributed by atoms with Crippen molar-refractivity contribution in [3.05, 3.63) is 47.1 Å². The molecule has 0 aliphatic heterocycles. The van der Waals surface area contributed by atoms with Crippen LogP contribution in [0.4, 0.5) is 0 Å². The maximum Gasteiger partial charge on any atom is 0.231 e. The molecule has 1 aliphatic carbocycles. The van der Waals surface area contributed by atoms with Gasteiger partial charge in [-0.05, 0) is 30.4 Å². The molecule has 3 unspecified atom stereocenters. The third-order valence-corrected chi connectivity index (χ3v) is 4.41. The molecule has 0 bridgehead atoms. The molecule has 3 atom stereocenters. The lowest BCUT2D eigenvalue weighted by Crippen LogP contribution is -2.25. The fourth-order valence-electron chi connectivity index (χ4n) is 2.94. The predicted octanol–water partition coefficient (Wildman–Crippen LogP) is 2.99. The summed E-state index contributed by atoms with van der Waals surface area (Å²) in [6, 6.07) is 8.59. The van der Waals surface area contributed by atoms with Gasteiger partial charge in [0.05, 0.1) is 5.92 Å². The van der Waals surface area contributed by atoms with E-state index >= 15 is 0 Å². The van der Waals surface area contributed by atoms with Gasteiger partial charge in [-0.1, -0.05) is 43.3 Å². The van der Waals surface area contributed by atoms with E-state index in [4.69, 9.17) is 10.3 Å². The number of nitrogens with two attached hydrogens (primary N) is 1. The summed E-state index contributed by atoms with van der Waals surface area (Å²) in [6.07, 6.45) is 3.06. The molecule has 2 aromatic rings. The third-order valence-electron chi connectivity index (χ3n) is 4.41. The fraction of sp³-hybridized carbons (Fsp3) is 0.500. The van der Waals surface area contributed by atoms with E-state index in [1.165, 1.54) is 11.1 Å². The second kappa shape index (κ2) is 5.37. The van der Waals surface area contributed by atoms with Crippen LogP contribution in [0.15, 0.2) is 28.8 Å². The molecule has 0 radical (unpaired) electrons. The SMILES string of the molecule is CCC(N)C(C)c1nc(C2CCc3ccccc32)no1. The minimum absolute atomic E-state index is 0.0687. The largest absolute Gasteiger partial charge is 0.339 e. The van der Waals surface area contributed by atoms with Crippen LogP contribution in [0.5, 0.6) is 0 Å². The summed E-state index contributed by atoms with van der Waals surface area (Å²) in [5.41, 5.74) is 8.80. The molecule has 0 amide bonds.